The van der Waals surface area contributed by atoms with E-state index in [0.29, 0.717) is 16.6 Å². The molecule has 0 saturated carbocycles. The summed E-state index contributed by atoms with van der Waals surface area (Å²) >= 11 is 3.69. The van der Waals surface area contributed by atoms with E-state index in [1.807, 2.05) is 60.7 Å². The molecule has 0 unspecified atom stereocenters. The van der Waals surface area contributed by atoms with E-state index in [-0.39, 0.29) is 10.6 Å². The van der Waals surface area contributed by atoms with Crippen LogP contribution < -0.4 is 4.46 Å². The van der Waals surface area contributed by atoms with Crippen molar-refractivity contribution in [3.05, 3.63) is 93.6 Å². The van der Waals surface area contributed by atoms with Crippen molar-refractivity contribution < 1.29 is 20.9 Å². The minimum absolute atomic E-state index is 0.0319. The second-order valence-corrected chi connectivity index (χ2v) is 8.54. The molecule has 7 nitrogen and oxygen atoms in total. The van der Waals surface area contributed by atoms with Crippen molar-refractivity contribution in [2.45, 2.75) is 0 Å². The predicted octanol–water partition coefficient (Wildman–Crippen LogP) is 5.40. The molecule has 3 aromatic heterocycles. The van der Waals surface area contributed by atoms with E-state index in [2.05, 4.69) is 26.0 Å². The van der Waals surface area contributed by atoms with Crippen molar-refractivity contribution in [2.24, 2.45) is 0 Å². The monoisotopic (exact) mass is 485 g/mol. The molecule has 0 radical (unpaired) electrons. The van der Waals surface area contributed by atoms with Crippen molar-refractivity contribution in [1.29, 1.82) is 0 Å². The van der Waals surface area contributed by atoms with Gasteiger partial charge in [-0.2, -0.15) is 0 Å². The number of rotatable bonds is 2. The molecule has 0 fully saturated rings. The Bertz CT molecular complexity index is 1710. The van der Waals surface area contributed by atoms with Gasteiger partial charge in [0.15, 0.2) is 0 Å². The van der Waals surface area contributed by atoms with E-state index in [0.717, 1.165) is 43.8 Å². The Morgan fingerprint density at radius 2 is 1.29 bits per heavy atom. The van der Waals surface area contributed by atoms with E-state index in [1.165, 1.54) is 6.07 Å². The number of aromatic amines is 2. The van der Waals surface area contributed by atoms with Crippen LogP contribution in [0.5, 0.6) is 0 Å². The Morgan fingerprint density at radius 1 is 0.735 bits per heavy atom. The van der Waals surface area contributed by atoms with Crippen LogP contribution in [-0.4, -0.2) is 24.9 Å². The summed E-state index contributed by atoms with van der Waals surface area (Å²) in [4.78, 5) is 27.6. The molecule has 34 heavy (non-hydrogen) atoms. The van der Waals surface area contributed by atoms with Gasteiger partial charge >= 0.3 is 202 Å². The van der Waals surface area contributed by atoms with Crippen LogP contribution in [0.4, 0.5) is 5.69 Å². The zero-order valence-corrected chi connectivity index (χ0v) is 18.8. The average molecular weight is 485 g/mol. The van der Waals surface area contributed by atoms with Crippen LogP contribution in [0.15, 0.2) is 60.7 Å². The Kier molecular flexibility index (Phi) is 4.76. The molecule has 0 amide bonds. The Hall–Kier alpha value is -4.26. The van der Waals surface area contributed by atoms with E-state index in [1.54, 1.807) is 18.2 Å². The van der Waals surface area contributed by atoms with Gasteiger partial charge < -0.3 is 0 Å². The third kappa shape index (κ3) is 3.65. The predicted molar refractivity (Wildman–Crippen MR) is 131 cm³/mol. The van der Waals surface area contributed by atoms with E-state index in [4.69, 9.17) is 9.97 Å². The Balaban J connectivity index is 1.73. The summed E-state index contributed by atoms with van der Waals surface area (Å²) in [5.41, 5.74) is 7.75. The summed E-state index contributed by atoms with van der Waals surface area (Å²) in [7, 11) is 0. The second-order valence-electron chi connectivity index (χ2n) is 7.95. The van der Waals surface area contributed by atoms with Crippen molar-refractivity contribution in [3.8, 4) is 11.1 Å². The maximum absolute atomic E-state index is 11.8. The maximum atomic E-state index is 11.8. The average Bonchev–Trinajstić information content (AvgIpc) is 3.60. The number of fused-ring (bicyclic) bond motifs is 8. The number of hydrogen-bond acceptors (Lipinski definition) is 4. The fourth-order valence-electron chi connectivity index (χ4n) is 4.15. The Labute approximate surface area is 201 Å². The molecule has 0 aliphatic carbocycles. The number of para-hydroxylation sites is 1. The topological polar surface area (TPSA) is 100 Å². The van der Waals surface area contributed by atoms with Gasteiger partial charge in [0.25, 0.3) is 0 Å². The number of nitro benzene ring substituents is 1. The summed E-state index contributed by atoms with van der Waals surface area (Å²) in [5, 5.41) is 11.8. The normalized spacial score (nSPS) is 12.3. The molecular formula is C26H16MnN5O2. The van der Waals surface area contributed by atoms with Crippen molar-refractivity contribution in [2.75, 3.05) is 0 Å². The third-order valence-corrected chi connectivity index (χ3v) is 6.27. The number of nitrogens with one attached hydrogen (secondary N) is 2. The SMILES string of the molecule is O=[N+]([O-])c1ccccc1-c1[c]([Mn])c2cc3nc(cc4ccc(cc5nc(cc1[nH]2)C=C5)[nH]4)C=C3. The third-order valence-electron chi connectivity index (χ3n) is 5.65. The zero-order valence-electron chi connectivity index (χ0n) is 17.6. The van der Waals surface area contributed by atoms with Crippen molar-refractivity contribution in [1.82, 2.24) is 19.9 Å². The molecule has 2 N–H and O–H groups in total. The molecule has 2 aliphatic rings. The molecule has 0 atom stereocenters. The van der Waals surface area contributed by atoms with E-state index >= 15 is 0 Å². The van der Waals surface area contributed by atoms with Crippen LogP contribution in [-0.2, 0) is 16.0 Å². The second kappa shape index (κ2) is 7.95. The molecule has 4 aromatic rings. The molecule has 6 rings (SSSR count). The van der Waals surface area contributed by atoms with Gasteiger partial charge in [-0.25, -0.2) is 0 Å². The number of nitro groups is 1. The van der Waals surface area contributed by atoms with Crippen LogP contribution in [0.2, 0.25) is 0 Å². The number of benzene rings is 1. The van der Waals surface area contributed by atoms with Gasteiger partial charge in [-0.05, 0) is 0 Å². The molecule has 8 heteroatoms. The summed E-state index contributed by atoms with van der Waals surface area (Å²) in [6, 6.07) is 18.5. The first-order valence-electron chi connectivity index (χ1n) is 10.5. The molecule has 2 aliphatic heterocycles. The summed E-state index contributed by atoms with van der Waals surface area (Å²) in [6.45, 7) is 0. The first-order valence-corrected chi connectivity index (χ1v) is 11.1. The minimum atomic E-state index is -0.365. The van der Waals surface area contributed by atoms with Crippen LogP contribution >= 0.6 is 0 Å². The summed E-state index contributed by atoms with van der Waals surface area (Å²) in [5.74, 6) is 0. The van der Waals surface area contributed by atoms with E-state index < -0.39 is 0 Å². The van der Waals surface area contributed by atoms with Gasteiger partial charge in [0.2, 0.25) is 0 Å². The van der Waals surface area contributed by atoms with Crippen LogP contribution in [0.1, 0.15) is 22.8 Å². The van der Waals surface area contributed by atoms with Crippen molar-refractivity contribution >= 4 is 56.5 Å². The number of aromatic nitrogens is 4. The number of nitrogens with zero attached hydrogens (tertiary/aromatic N) is 3. The van der Waals surface area contributed by atoms with E-state index in [9.17, 15) is 10.1 Å². The van der Waals surface area contributed by atoms with Gasteiger partial charge in [0.1, 0.15) is 0 Å². The van der Waals surface area contributed by atoms with Gasteiger partial charge in [-0.15, -0.1) is 0 Å². The van der Waals surface area contributed by atoms with Gasteiger partial charge in [-0.3, -0.25) is 0 Å². The van der Waals surface area contributed by atoms with Crippen LogP contribution in [0.3, 0.4) is 0 Å². The first-order chi connectivity index (χ1) is 16.5. The van der Waals surface area contributed by atoms with Crippen LogP contribution in [0, 0.1) is 10.1 Å². The van der Waals surface area contributed by atoms with Crippen molar-refractivity contribution in [3.63, 3.8) is 0 Å². The summed E-state index contributed by atoms with van der Waals surface area (Å²) < 4.78 is 0.720. The summed E-state index contributed by atoms with van der Waals surface area (Å²) in [6.07, 6.45) is 7.75. The van der Waals surface area contributed by atoms with Gasteiger partial charge in [0, 0.05) is 0 Å². The fourth-order valence-corrected chi connectivity index (χ4v) is 4.63. The molecule has 8 bridgehead atoms. The fraction of sp³-hybridized carbons (Fsp3) is 0. The number of hydrogen-bond donors (Lipinski definition) is 2. The standard InChI is InChI=1S/C26H16N5O2.Mn/c32-31(33)26-4-2-1-3-23(26)24-14-22-13-20-8-7-18(28-20)11-16-5-6-17(27-16)12-19-9-10-21(29-19)15-25(24)30-22;/h1-13,15,27,30H;. The first kappa shape index (κ1) is 20.4. The molecule has 5 heterocycles. The molecule has 1 aromatic carbocycles. The molecule has 0 spiro atoms. The molecule has 164 valence electrons. The quantitative estimate of drug-likeness (QED) is 0.195. The van der Waals surface area contributed by atoms with Gasteiger partial charge in [-0.1, -0.05) is 0 Å². The molecular weight excluding hydrogens is 469 g/mol. The molecule has 0 saturated heterocycles. The number of H-pyrrole nitrogens is 2. The van der Waals surface area contributed by atoms with Gasteiger partial charge in [0.05, 0.1) is 0 Å². The zero-order chi connectivity index (χ0) is 23.2. The Morgan fingerprint density at radius 3 is 1.91 bits per heavy atom. The van der Waals surface area contributed by atoms with Crippen LogP contribution in [0.25, 0.3) is 57.5 Å².